The molecule has 0 spiro atoms. The van der Waals surface area contributed by atoms with E-state index in [-0.39, 0.29) is 18.4 Å². The van der Waals surface area contributed by atoms with Crippen molar-refractivity contribution in [3.8, 4) is 5.75 Å². The highest BCUT2D eigenvalue weighted by Gasteiger charge is 2.31. The van der Waals surface area contributed by atoms with Crippen LogP contribution in [0.15, 0.2) is 36.4 Å². The van der Waals surface area contributed by atoms with Crippen molar-refractivity contribution in [1.82, 2.24) is 0 Å². The van der Waals surface area contributed by atoms with Crippen molar-refractivity contribution < 1.29 is 24.9 Å². The van der Waals surface area contributed by atoms with Gasteiger partial charge in [-0.15, -0.1) is 0 Å². The molecule has 0 saturated heterocycles. The second kappa shape index (κ2) is 12.5. The van der Waals surface area contributed by atoms with Crippen molar-refractivity contribution in [3.63, 3.8) is 0 Å². The standard InChI is InChI=1S/C30H44O5/c1-7-30(8-2,24-13-12-23(21(3)18-24)16-17-29(5,6)34)25-14-15-27(22(4)19-25)35-20-26(31)10-9-11-28(32)33/h12-15,18-19,26,31,34H,7-11,16-17,20H2,1-6H3,(H,32,33)/t26-/m0/s1. The van der Waals surface area contributed by atoms with Gasteiger partial charge in [0.1, 0.15) is 12.4 Å². The van der Waals surface area contributed by atoms with Crippen LogP contribution in [0.3, 0.4) is 0 Å². The minimum atomic E-state index is -0.848. The van der Waals surface area contributed by atoms with Gasteiger partial charge in [-0.25, -0.2) is 0 Å². The number of carboxylic acid groups (broad SMARTS) is 1. The first-order valence-electron chi connectivity index (χ1n) is 12.9. The number of aliphatic hydroxyl groups excluding tert-OH is 1. The molecular formula is C30H44O5. The fraction of sp³-hybridized carbons (Fsp3) is 0.567. The summed E-state index contributed by atoms with van der Waals surface area (Å²) in [5, 5.41) is 29.0. The van der Waals surface area contributed by atoms with E-state index in [4.69, 9.17) is 9.84 Å². The van der Waals surface area contributed by atoms with Crippen molar-refractivity contribution >= 4 is 5.97 Å². The minimum Gasteiger partial charge on any atom is -0.491 e. The van der Waals surface area contributed by atoms with Gasteiger partial charge in [-0.2, -0.15) is 0 Å². The molecular weight excluding hydrogens is 440 g/mol. The van der Waals surface area contributed by atoms with Crippen LogP contribution in [0.1, 0.15) is 94.0 Å². The molecule has 0 aliphatic carbocycles. The van der Waals surface area contributed by atoms with Crippen LogP contribution in [0.4, 0.5) is 0 Å². The number of hydrogen-bond acceptors (Lipinski definition) is 4. The van der Waals surface area contributed by atoms with Crippen LogP contribution in [-0.4, -0.2) is 39.6 Å². The average molecular weight is 485 g/mol. The van der Waals surface area contributed by atoms with Crippen molar-refractivity contribution in [2.45, 2.75) is 104 Å². The molecule has 5 heteroatoms. The normalized spacial score (nSPS) is 13.0. The van der Waals surface area contributed by atoms with E-state index in [0.29, 0.717) is 12.8 Å². The van der Waals surface area contributed by atoms with Gasteiger partial charge in [0, 0.05) is 11.8 Å². The molecule has 3 N–H and O–H groups in total. The first-order chi connectivity index (χ1) is 16.4. The number of aliphatic hydroxyl groups is 2. The Hall–Kier alpha value is -2.37. The predicted molar refractivity (Wildman–Crippen MR) is 141 cm³/mol. The van der Waals surface area contributed by atoms with E-state index in [2.05, 4.69) is 51.1 Å². The summed E-state index contributed by atoms with van der Waals surface area (Å²) in [6.07, 6.45) is 3.73. The second-order valence-corrected chi connectivity index (χ2v) is 10.5. The monoisotopic (exact) mass is 484 g/mol. The molecule has 0 aliphatic rings. The minimum absolute atomic E-state index is 0.0563. The molecule has 194 valence electrons. The maximum absolute atomic E-state index is 10.6. The number of rotatable bonds is 14. The van der Waals surface area contributed by atoms with E-state index >= 15 is 0 Å². The molecule has 1 atom stereocenters. The molecule has 0 radical (unpaired) electrons. The zero-order chi connectivity index (χ0) is 26.2. The van der Waals surface area contributed by atoms with Crippen LogP contribution in [0.5, 0.6) is 5.75 Å². The van der Waals surface area contributed by atoms with Crippen molar-refractivity contribution in [2.24, 2.45) is 0 Å². The molecule has 0 unspecified atom stereocenters. The third kappa shape index (κ3) is 8.08. The van der Waals surface area contributed by atoms with E-state index in [1.54, 1.807) is 0 Å². The van der Waals surface area contributed by atoms with Crippen molar-refractivity contribution in [2.75, 3.05) is 6.61 Å². The van der Waals surface area contributed by atoms with E-state index < -0.39 is 17.7 Å². The number of carboxylic acids is 1. The molecule has 2 aromatic carbocycles. The van der Waals surface area contributed by atoms with Crippen LogP contribution in [-0.2, 0) is 16.6 Å². The van der Waals surface area contributed by atoms with Gasteiger partial charge in [-0.05, 0) is 100 Å². The molecule has 0 heterocycles. The molecule has 2 rings (SSSR count). The quantitative estimate of drug-likeness (QED) is 0.301. The lowest BCUT2D eigenvalue weighted by molar-refractivity contribution is -0.137. The molecule has 0 saturated carbocycles. The Morgan fingerprint density at radius 2 is 1.60 bits per heavy atom. The Bertz CT molecular complexity index is 969. The summed E-state index contributed by atoms with van der Waals surface area (Å²) in [5.41, 5.74) is 5.32. The lowest BCUT2D eigenvalue weighted by Crippen LogP contribution is -2.26. The zero-order valence-corrected chi connectivity index (χ0v) is 22.4. The molecule has 0 amide bonds. The largest absolute Gasteiger partial charge is 0.491 e. The Morgan fingerprint density at radius 1 is 1.00 bits per heavy atom. The SMILES string of the molecule is CCC(CC)(c1ccc(CCC(C)(C)O)c(C)c1)c1ccc(OC[C@@H](O)CCCC(=O)O)c(C)c1. The Balaban J connectivity index is 2.20. The van der Waals surface area contributed by atoms with Gasteiger partial charge in [-0.1, -0.05) is 44.2 Å². The van der Waals surface area contributed by atoms with E-state index in [1.165, 1.54) is 22.3 Å². The van der Waals surface area contributed by atoms with Gasteiger partial charge < -0.3 is 20.1 Å². The van der Waals surface area contributed by atoms with Crippen LogP contribution >= 0.6 is 0 Å². The van der Waals surface area contributed by atoms with Gasteiger partial charge >= 0.3 is 5.97 Å². The summed E-state index contributed by atoms with van der Waals surface area (Å²) in [4.78, 5) is 10.6. The predicted octanol–water partition coefficient (Wildman–Crippen LogP) is 6.11. The van der Waals surface area contributed by atoms with Gasteiger partial charge in [-0.3, -0.25) is 4.79 Å². The third-order valence-electron chi connectivity index (χ3n) is 7.20. The van der Waals surface area contributed by atoms with Crippen LogP contribution in [0.25, 0.3) is 0 Å². The fourth-order valence-corrected chi connectivity index (χ4v) is 4.82. The highest BCUT2D eigenvalue weighted by molar-refractivity contribution is 5.66. The number of hydrogen-bond donors (Lipinski definition) is 3. The Kier molecular flexibility index (Phi) is 10.3. The number of carbonyl (C=O) groups is 1. The summed E-state index contributed by atoms with van der Waals surface area (Å²) < 4.78 is 5.87. The van der Waals surface area contributed by atoms with Crippen LogP contribution < -0.4 is 4.74 Å². The summed E-state index contributed by atoms with van der Waals surface area (Å²) in [6, 6.07) is 13.1. The maximum Gasteiger partial charge on any atom is 0.303 e. The lowest BCUT2D eigenvalue weighted by atomic mass is 9.69. The molecule has 0 fully saturated rings. The highest BCUT2D eigenvalue weighted by atomic mass is 16.5. The summed E-state index contributed by atoms with van der Waals surface area (Å²) in [6.45, 7) is 12.5. The number of aliphatic carboxylic acids is 1. The molecule has 0 aliphatic heterocycles. The van der Waals surface area contributed by atoms with E-state index in [1.807, 2.05) is 26.8 Å². The zero-order valence-electron chi connectivity index (χ0n) is 22.4. The van der Waals surface area contributed by atoms with Crippen molar-refractivity contribution in [3.05, 3.63) is 64.2 Å². The summed E-state index contributed by atoms with van der Waals surface area (Å²) in [5.74, 6) is -0.107. The number of ether oxygens (including phenoxy) is 1. The Morgan fingerprint density at radius 3 is 2.11 bits per heavy atom. The molecule has 0 aromatic heterocycles. The molecule has 2 aromatic rings. The van der Waals surface area contributed by atoms with Gasteiger partial charge in [0.05, 0.1) is 11.7 Å². The molecule has 0 bridgehead atoms. The molecule has 5 nitrogen and oxygen atoms in total. The first-order valence-corrected chi connectivity index (χ1v) is 12.9. The highest BCUT2D eigenvalue weighted by Crippen LogP contribution is 2.41. The van der Waals surface area contributed by atoms with E-state index in [0.717, 1.165) is 37.0 Å². The van der Waals surface area contributed by atoms with Gasteiger partial charge in [0.15, 0.2) is 0 Å². The summed E-state index contributed by atoms with van der Waals surface area (Å²) in [7, 11) is 0. The van der Waals surface area contributed by atoms with Crippen molar-refractivity contribution in [1.29, 1.82) is 0 Å². The summed E-state index contributed by atoms with van der Waals surface area (Å²) >= 11 is 0. The number of benzene rings is 2. The maximum atomic E-state index is 10.6. The smallest absolute Gasteiger partial charge is 0.303 e. The van der Waals surface area contributed by atoms with Gasteiger partial charge in [0.25, 0.3) is 0 Å². The molecule has 35 heavy (non-hydrogen) atoms. The van der Waals surface area contributed by atoms with Gasteiger partial charge in [0.2, 0.25) is 0 Å². The Labute approximate surface area is 211 Å². The third-order valence-corrected chi connectivity index (χ3v) is 7.20. The number of aryl methyl sites for hydroxylation is 3. The average Bonchev–Trinajstić information content (AvgIpc) is 2.78. The fourth-order valence-electron chi connectivity index (χ4n) is 4.82. The first kappa shape index (κ1) is 28.9. The topological polar surface area (TPSA) is 87.0 Å². The lowest BCUT2D eigenvalue weighted by Gasteiger charge is -2.34. The van der Waals surface area contributed by atoms with E-state index in [9.17, 15) is 15.0 Å². The van der Waals surface area contributed by atoms with Crippen LogP contribution in [0, 0.1) is 13.8 Å². The van der Waals surface area contributed by atoms with Crippen LogP contribution in [0.2, 0.25) is 0 Å². The second-order valence-electron chi connectivity index (χ2n) is 10.5.